The van der Waals surface area contributed by atoms with E-state index in [1.807, 2.05) is 6.92 Å². The number of rotatable bonds is 6. The first-order valence-electron chi connectivity index (χ1n) is 11.2. The van der Waals surface area contributed by atoms with Gasteiger partial charge in [0.1, 0.15) is 41.2 Å². The standard InChI is InChI=1S/C22H21F2N7OS.H3O4P/c1-14(22(32,10-31-13-27-12-28-31)17-3-2-16(23)6-18(17)24)30-5-4-19-20(9-30)33-21(29-19)15-7-25-11-26-8-15;1-5(2,3)4/h2-3,6-8,11-14,32H,4-5,9-10H2,1H3;(H3,1,2,3,4)/t14-,22-;/m1./s1. The van der Waals surface area contributed by atoms with Gasteiger partial charge in [-0.2, -0.15) is 5.10 Å². The van der Waals surface area contributed by atoms with Gasteiger partial charge in [-0.3, -0.25) is 4.90 Å². The van der Waals surface area contributed by atoms with E-state index < -0.39 is 31.1 Å². The van der Waals surface area contributed by atoms with Crippen molar-refractivity contribution in [2.75, 3.05) is 6.54 Å². The van der Waals surface area contributed by atoms with Crippen LogP contribution in [0.15, 0.2) is 49.6 Å². The molecule has 0 fully saturated rings. The van der Waals surface area contributed by atoms with Crippen LogP contribution in [-0.2, 0) is 29.7 Å². The lowest BCUT2D eigenvalue weighted by atomic mass is 9.85. The van der Waals surface area contributed by atoms with Crippen LogP contribution in [0, 0.1) is 11.6 Å². The van der Waals surface area contributed by atoms with Crippen LogP contribution in [-0.4, -0.2) is 67.0 Å². The van der Waals surface area contributed by atoms with Crippen molar-refractivity contribution in [1.82, 2.24) is 34.6 Å². The Morgan fingerprint density at radius 3 is 2.50 bits per heavy atom. The number of hydrogen-bond acceptors (Lipinski definition) is 9. The van der Waals surface area contributed by atoms with E-state index in [1.165, 1.54) is 29.7 Å². The summed E-state index contributed by atoms with van der Waals surface area (Å²) >= 11 is 1.56. The first kappa shape index (κ1) is 28.0. The number of phosphoric acid groups is 1. The number of benzene rings is 1. The Balaban J connectivity index is 0.000000617. The maximum Gasteiger partial charge on any atom is 0.466 e. The zero-order valence-electron chi connectivity index (χ0n) is 20.0. The summed E-state index contributed by atoms with van der Waals surface area (Å²) in [7, 11) is -4.64. The number of thiazole rings is 1. The second kappa shape index (κ2) is 11.4. The van der Waals surface area contributed by atoms with Crippen LogP contribution >= 0.6 is 19.2 Å². The summed E-state index contributed by atoms with van der Waals surface area (Å²) in [6.45, 7) is 2.99. The largest absolute Gasteiger partial charge is 0.466 e. The highest BCUT2D eigenvalue weighted by atomic mass is 32.1. The number of halogens is 2. The lowest BCUT2D eigenvalue weighted by Gasteiger charge is -2.42. The molecule has 38 heavy (non-hydrogen) atoms. The minimum absolute atomic E-state index is 0.0177. The fourth-order valence-corrected chi connectivity index (χ4v) is 5.33. The molecule has 0 aliphatic carbocycles. The molecule has 12 nitrogen and oxygen atoms in total. The van der Waals surface area contributed by atoms with E-state index in [1.54, 1.807) is 23.7 Å². The molecule has 0 radical (unpaired) electrons. The van der Waals surface area contributed by atoms with Gasteiger partial charge in [0.25, 0.3) is 0 Å². The number of fused-ring (bicyclic) bond motifs is 1. The first-order chi connectivity index (χ1) is 17.9. The van der Waals surface area contributed by atoms with E-state index in [0.717, 1.165) is 33.3 Å². The Morgan fingerprint density at radius 2 is 1.87 bits per heavy atom. The number of aromatic nitrogens is 6. The summed E-state index contributed by atoms with van der Waals surface area (Å²) < 4.78 is 38.8. The molecule has 0 amide bonds. The highest BCUT2D eigenvalue weighted by molar-refractivity contribution is 7.45. The fraction of sp³-hybridized carbons (Fsp3) is 0.318. The van der Waals surface area contributed by atoms with Crippen molar-refractivity contribution in [3.63, 3.8) is 0 Å². The van der Waals surface area contributed by atoms with Gasteiger partial charge >= 0.3 is 7.82 Å². The minimum Gasteiger partial charge on any atom is -0.381 e. The van der Waals surface area contributed by atoms with Crippen molar-refractivity contribution in [3.8, 4) is 10.6 Å². The molecule has 0 bridgehead atoms. The number of hydrogen-bond donors (Lipinski definition) is 4. The summed E-state index contributed by atoms with van der Waals surface area (Å²) in [5, 5.41) is 16.8. The Labute approximate surface area is 219 Å². The Kier molecular flexibility index (Phi) is 8.37. The van der Waals surface area contributed by atoms with Crippen molar-refractivity contribution < 1.29 is 33.1 Å². The zero-order valence-corrected chi connectivity index (χ0v) is 21.7. The molecule has 1 aliphatic heterocycles. The van der Waals surface area contributed by atoms with Crippen molar-refractivity contribution >= 4 is 19.2 Å². The van der Waals surface area contributed by atoms with Gasteiger partial charge in [-0.1, -0.05) is 6.07 Å². The summed E-state index contributed by atoms with van der Waals surface area (Å²) in [6.07, 6.45) is 8.44. The summed E-state index contributed by atoms with van der Waals surface area (Å²) in [4.78, 5) is 41.5. The summed E-state index contributed by atoms with van der Waals surface area (Å²) in [6, 6.07) is 2.73. The lowest BCUT2D eigenvalue weighted by molar-refractivity contribution is -0.0675. The highest BCUT2D eigenvalue weighted by Crippen LogP contribution is 2.37. The van der Waals surface area contributed by atoms with Crippen molar-refractivity contribution in [3.05, 3.63) is 77.3 Å². The van der Waals surface area contributed by atoms with Crippen molar-refractivity contribution in [2.45, 2.75) is 38.1 Å². The molecule has 16 heteroatoms. The zero-order chi connectivity index (χ0) is 27.5. The van der Waals surface area contributed by atoms with Crippen LogP contribution in [0.2, 0.25) is 0 Å². The second-order valence-electron chi connectivity index (χ2n) is 8.57. The molecule has 202 valence electrons. The monoisotopic (exact) mass is 567 g/mol. The van der Waals surface area contributed by atoms with E-state index in [0.29, 0.717) is 19.5 Å². The lowest BCUT2D eigenvalue weighted by Crippen LogP contribution is -2.53. The molecule has 4 heterocycles. The van der Waals surface area contributed by atoms with Gasteiger partial charge in [0.2, 0.25) is 0 Å². The maximum atomic E-state index is 14.8. The second-order valence-corrected chi connectivity index (χ2v) is 10.7. The normalized spacial score (nSPS) is 16.2. The molecule has 4 aromatic rings. The molecule has 3 aromatic heterocycles. The Bertz CT molecular complexity index is 1410. The molecule has 4 N–H and O–H groups in total. The quantitative estimate of drug-likeness (QED) is 0.251. The predicted octanol–water partition coefficient (Wildman–Crippen LogP) is 1.88. The van der Waals surface area contributed by atoms with Crippen molar-refractivity contribution in [1.29, 1.82) is 0 Å². The Morgan fingerprint density at radius 1 is 1.16 bits per heavy atom. The van der Waals surface area contributed by atoms with Crippen LogP contribution in [0.1, 0.15) is 23.1 Å². The minimum atomic E-state index is -4.64. The van der Waals surface area contributed by atoms with Gasteiger partial charge in [-0.05, 0) is 13.0 Å². The number of aliphatic hydroxyl groups is 1. The third-order valence-electron chi connectivity index (χ3n) is 6.07. The van der Waals surface area contributed by atoms with Crippen LogP contribution < -0.4 is 0 Å². The molecule has 0 saturated heterocycles. The average molecular weight is 568 g/mol. The van der Waals surface area contributed by atoms with E-state index in [4.69, 9.17) is 24.2 Å². The number of nitrogens with zero attached hydrogens (tertiary/aromatic N) is 7. The smallest absolute Gasteiger partial charge is 0.381 e. The molecule has 1 aromatic carbocycles. The van der Waals surface area contributed by atoms with Crippen LogP contribution in [0.3, 0.4) is 0 Å². The molecule has 0 unspecified atom stereocenters. The fourth-order valence-electron chi connectivity index (χ4n) is 4.23. The van der Waals surface area contributed by atoms with E-state index >= 15 is 0 Å². The summed E-state index contributed by atoms with van der Waals surface area (Å²) in [5.74, 6) is -1.50. The van der Waals surface area contributed by atoms with Gasteiger partial charge in [0.05, 0.1) is 12.2 Å². The molecule has 2 atom stereocenters. The van der Waals surface area contributed by atoms with Gasteiger partial charge in [0.15, 0.2) is 0 Å². The first-order valence-corrected chi connectivity index (χ1v) is 13.6. The van der Waals surface area contributed by atoms with Gasteiger partial charge in [-0.25, -0.2) is 38.0 Å². The molecule has 0 saturated carbocycles. The third kappa shape index (κ3) is 6.69. The van der Waals surface area contributed by atoms with E-state index in [9.17, 15) is 13.9 Å². The van der Waals surface area contributed by atoms with E-state index in [2.05, 4.69) is 25.0 Å². The molecule has 0 spiro atoms. The molecule has 1 aliphatic rings. The van der Waals surface area contributed by atoms with Gasteiger partial charge in [0, 0.05) is 60.0 Å². The average Bonchev–Trinajstić information content (AvgIpc) is 3.52. The van der Waals surface area contributed by atoms with Gasteiger partial charge < -0.3 is 19.8 Å². The van der Waals surface area contributed by atoms with Gasteiger partial charge in [-0.15, -0.1) is 11.3 Å². The maximum absolute atomic E-state index is 14.8. The van der Waals surface area contributed by atoms with Crippen LogP contribution in [0.4, 0.5) is 8.78 Å². The molecular weight excluding hydrogens is 543 g/mol. The van der Waals surface area contributed by atoms with Crippen LogP contribution in [0.25, 0.3) is 10.6 Å². The van der Waals surface area contributed by atoms with E-state index in [-0.39, 0.29) is 12.1 Å². The third-order valence-corrected chi connectivity index (χ3v) is 7.21. The molecular formula is C22H24F2N7O5PS. The topological polar surface area (TPSA) is 171 Å². The highest BCUT2D eigenvalue weighted by Gasteiger charge is 2.43. The SMILES string of the molecule is C[C@@H](N1CCc2nc(-c3cncnc3)sc2C1)[C@](O)(Cn1cncn1)c1ccc(F)cc1F.O=P(O)(O)O. The molecule has 5 rings (SSSR count). The predicted molar refractivity (Wildman–Crippen MR) is 131 cm³/mol. The Hall–Kier alpha value is -3.04. The van der Waals surface area contributed by atoms with Crippen molar-refractivity contribution in [2.24, 2.45) is 0 Å². The summed E-state index contributed by atoms with van der Waals surface area (Å²) in [5.41, 5.74) is 0.204. The van der Waals surface area contributed by atoms with Crippen LogP contribution in [0.5, 0.6) is 0 Å².